The van der Waals surface area contributed by atoms with Gasteiger partial charge in [-0.2, -0.15) is 11.3 Å². The quantitative estimate of drug-likeness (QED) is 0.868. The van der Waals surface area contributed by atoms with E-state index in [9.17, 15) is 0 Å². The summed E-state index contributed by atoms with van der Waals surface area (Å²) in [6, 6.07) is 12.6. The van der Waals surface area contributed by atoms with Crippen LogP contribution in [0.25, 0.3) is 0 Å². The van der Waals surface area contributed by atoms with Crippen molar-refractivity contribution in [3.63, 3.8) is 0 Å². The molecule has 0 amide bonds. The number of thiophene rings is 1. The summed E-state index contributed by atoms with van der Waals surface area (Å²) in [5.74, 6) is 0. The van der Waals surface area contributed by atoms with Gasteiger partial charge < -0.3 is 10.2 Å². The van der Waals surface area contributed by atoms with Crippen molar-refractivity contribution in [3.05, 3.63) is 58.3 Å². The van der Waals surface area contributed by atoms with Crippen LogP contribution in [0.4, 0.5) is 0 Å². The predicted octanol–water partition coefficient (Wildman–Crippen LogP) is 2.94. The lowest BCUT2D eigenvalue weighted by Gasteiger charge is -2.36. The number of piperazine rings is 1. The molecule has 0 bridgehead atoms. The summed E-state index contributed by atoms with van der Waals surface area (Å²) < 4.78 is 0. The van der Waals surface area contributed by atoms with Gasteiger partial charge in [0.2, 0.25) is 0 Å². The summed E-state index contributed by atoms with van der Waals surface area (Å²) in [6.45, 7) is 6.01. The summed E-state index contributed by atoms with van der Waals surface area (Å²) in [5.41, 5.74) is 2.68. The monoisotopic (exact) mass is 331 g/mol. The van der Waals surface area contributed by atoms with Gasteiger partial charge in [-0.1, -0.05) is 30.3 Å². The molecule has 3 nitrogen and oxygen atoms in total. The highest BCUT2D eigenvalue weighted by atomic mass is 32.1. The van der Waals surface area contributed by atoms with E-state index >= 15 is 0 Å². The Morgan fingerprint density at radius 1 is 1.05 bits per heavy atom. The molecule has 1 fully saturated rings. The topological polar surface area (TPSA) is 18.5 Å². The zero-order valence-corrected chi connectivity index (χ0v) is 14.2. The van der Waals surface area contributed by atoms with Crippen LogP contribution in [0.3, 0.4) is 0 Å². The third-order valence-electron chi connectivity index (χ3n) is 3.93. The fraction of sp³-hybridized carbons (Fsp3) is 0.353. The van der Waals surface area contributed by atoms with Crippen LogP contribution in [0.5, 0.6) is 0 Å². The van der Waals surface area contributed by atoms with E-state index in [1.165, 1.54) is 11.1 Å². The lowest BCUT2D eigenvalue weighted by Crippen LogP contribution is -2.51. The summed E-state index contributed by atoms with van der Waals surface area (Å²) in [5, 5.41) is 8.63. The third kappa shape index (κ3) is 4.29. The van der Waals surface area contributed by atoms with Gasteiger partial charge in [0, 0.05) is 39.3 Å². The Labute approximate surface area is 141 Å². The standard InChI is InChI=1S/C17H21N3S2/c21-17(18-12-15-4-2-1-3-5-15)20-9-7-19(8-10-20)13-16-6-11-22-14-16/h1-6,11,14H,7-10,12-13H2,(H,18,21). The maximum Gasteiger partial charge on any atom is 0.169 e. The molecule has 116 valence electrons. The van der Waals surface area contributed by atoms with Gasteiger partial charge in [-0.3, -0.25) is 4.90 Å². The zero-order valence-electron chi connectivity index (χ0n) is 12.6. The molecule has 0 atom stereocenters. The van der Waals surface area contributed by atoms with E-state index in [1.807, 2.05) is 6.07 Å². The number of benzene rings is 1. The van der Waals surface area contributed by atoms with E-state index in [0.717, 1.165) is 44.4 Å². The Morgan fingerprint density at radius 2 is 1.82 bits per heavy atom. The minimum Gasteiger partial charge on any atom is -0.358 e. The average molecular weight is 332 g/mol. The molecule has 0 unspecified atom stereocenters. The molecule has 0 radical (unpaired) electrons. The summed E-state index contributed by atoms with van der Waals surface area (Å²) >= 11 is 7.30. The average Bonchev–Trinajstić information content (AvgIpc) is 3.07. The van der Waals surface area contributed by atoms with Crippen LogP contribution in [0, 0.1) is 0 Å². The highest BCUT2D eigenvalue weighted by molar-refractivity contribution is 7.80. The highest BCUT2D eigenvalue weighted by Gasteiger charge is 2.18. The Hall–Kier alpha value is -1.43. The van der Waals surface area contributed by atoms with Crippen LogP contribution < -0.4 is 5.32 Å². The summed E-state index contributed by atoms with van der Waals surface area (Å²) in [7, 11) is 0. The van der Waals surface area contributed by atoms with Crippen molar-refractivity contribution >= 4 is 28.7 Å². The molecule has 1 N–H and O–H groups in total. The van der Waals surface area contributed by atoms with E-state index < -0.39 is 0 Å². The fourth-order valence-corrected chi connectivity index (χ4v) is 3.55. The fourth-order valence-electron chi connectivity index (χ4n) is 2.64. The van der Waals surface area contributed by atoms with Crippen molar-refractivity contribution in [2.24, 2.45) is 0 Å². The maximum absolute atomic E-state index is 5.53. The Kier molecular flexibility index (Phi) is 5.43. The van der Waals surface area contributed by atoms with Crippen molar-refractivity contribution in [1.29, 1.82) is 0 Å². The first-order valence-electron chi connectivity index (χ1n) is 7.61. The Bertz CT molecular complexity index is 575. The molecule has 1 aliphatic rings. The number of nitrogens with one attached hydrogen (secondary N) is 1. The SMILES string of the molecule is S=C(NCc1ccccc1)N1CCN(Cc2ccsc2)CC1. The highest BCUT2D eigenvalue weighted by Crippen LogP contribution is 2.11. The van der Waals surface area contributed by atoms with Crippen molar-refractivity contribution < 1.29 is 0 Å². The van der Waals surface area contributed by atoms with Crippen LogP contribution >= 0.6 is 23.6 Å². The molecule has 0 saturated carbocycles. The molecule has 5 heteroatoms. The minimum absolute atomic E-state index is 0.800. The maximum atomic E-state index is 5.53. The molecule has 1 aliphatic heterocycles. The molecule has 22 heavy (non-hydrogen) atoms. The molecular formula is C17H21N3S2. The number of hydrogen-bond donors (Lipinski definition) is 1. The van der Waals surface area contributed by atoms with E-state index in [4.69, 9.17) is 12.2 Å². The molecule has 2 heterocycles. The van der Waals surface area contributed by atoms with Gasteiger partial charge in [-0.25, -0.2) is 0 Å². The molecule has 1 saturated heterocycles. The Balaban J connectivity index is 1.42. The largest absolute Gasteiger partial charge is 0.358 e. The lowest BCUT2D eigenvalue weighted by molar-refractivity contribution is 0.174. The van der Waals surface area contributed by atoms with Crippen LogP contribution in [0.15, 0.2) is 47.2 Å². The van der Waals surface area contributed by atoms with E-state index in [-0.39, 0.29) is 0 Å². The van der Waals surface area contributed by atoms with E-state index in [0.29, 0.717) is 0 Å². The first kappa shape index (κ1) is 15.5. The van der Waals surface area contributed by atoms with E-state index in [1.54, 1.807) is 11.3 Å². The van der Waals surface area contributed by atoms with Gasteiger partial charge in [0.05, 0.1) is 0 Å². The lowest BCUT2D eigenvalue weighted by atomic mass is 10.2. The molecule has 0 aliphatic carbocycles. The summed E-state index contributed by atoms with van der Waals surface area (Å²) in [6.07, 6.45) is 0. The third-order valence-corrected chi connectivity index (χ3v) is 5.07. The normalized spacial score (nSPS) is 15.7. The molecule has 3 rings (SSSR count). The number of hydrogen-bond acceptors (Lipinski definition) is 3. The van der Waals surface area contributed by atoms with E-state index in [2.05, 4.69) is 56.2 Å². The molecule has 1 aromatic carbocycles. The number of nitrogens with zero attached hydrogens (tertiary/aromatic N) is 2. The van der Waals surface area contributed by atoms with Crippen molar-refractivity contribution in [2.75, 3.05) is 26.2 Å². The molecule has 1 aromatic heterocycles. The van der Waals surface area contributed by atoms with Gasteiger partial charge in [0.15, 0.2) is 5.11 Å². The van der Waals surface area contributed by atoms with Gasteiger partial charge in [-0.15, -0.1) is 0 Å². The van der Waals surface area contributed by atoms with Crippen molar-refractivity contribution in [2.45, 2.75) is 13.1 Å². The zero-order chi connectivity index (χ0) is 15.2. The summed E-state index contributed by atoms with van der Waals surface area (Å²) in [4.78, 5) is 4.78. The molecule has 2 aromatic rings. The van der Waals surface area contributed by atoms with Gasteiger partial charge >= 0.3 is 0 Å². The van der Waals surface area contributed by atoms with Gasteiger partial charge in [0.1, 0.15) is 0 Å². The van der Waals surface area contributed by atoms with Crippen LogP contribution in [-0.2, 0) is 13.1 Å². The van der Waals surface area contributed by atoms with Crippen molar-refractivity contribution in [3.8, 4) is 0 Å². The first-order valence-corrected chi connectivity index (χ1v) is 8.96. The molecular weight excluding hydrogens is 310 g/mol. The Morgan fingerprint density at radius 3 is 2.50 bits per heavy atom. The van der Waals surface area contributed by atoms with Gasteiger partial charge in [-0.05, 0) is 40.2 Å². The minimum atomic E-state index is 0.800. The van der Waals surface area contributed by atoms with Crippen molar-refractivity contribution in [1.82, 2.24) is 15.1 Å². The number of rotatable bonds is 4. The second kappa shape index (κ2) is 7.72. The van der Waals surface area contributed by atoms with Crippen LogP contribution in [0.1, 0.15) is 11.1 Å². The predicted molar refractivity (Wildman–Crippen MR) is 97.0 cm³/mol. The van der Waals surface area contributed by atoms with Crippen LogP contribution in [0.2, 0.25) is 0 Å². The smallest absolute Gasteiger partial charge is 0.169 e. The second-order valence-corrected chi connectivity index (χ2v) is 6.71. The number of thiocarbonyl (C=S) groups is 1. The second-order valence-electron chi connectivity index (χ2n) is 5.54. The first-order chi connectivity index (χ1) is 10.8. The molecule has 0 spiro atoms. The van der Waals surface area contributed by atoms with Gasteiger partial charge in [0.25, 0.3) is 0 Å². The van der Waals surface area contributed by atoms with Crippen LogP contribution in [-0.4, -0.2) is 41.1 Å².